The van der Waals surface area contributed by atoms with Gasteiger partial charge in [-0.1, -0.05) is 20.8 Å². The number of amides is 4. The number of Topliss-reactive ketones (excluding diaryl/α,β-unsaturated/α-hetero) is 1. The second-order valence-corrected chi connectivity index (χ2v) is 12.2. The molecule has 10 nitrogen and oxygen atoms in total. The van der Waals surface area contributed by atoms with Gasteiger partial charge < -0.3 is 25.6 Å². The van der Waals surface area contributed by atoms with E-state index in [-0.39, 0.29) is 18.9 Å². The number of nitrogens with zero attached hydrogens (tertiary/aromatic N) is 1. The average molecular weight is 579 g/mol. The molecule has 3 aliphatic rings. The van der Waals surface area contributed by atoms with Gasteiger partial charge in [0.1, 0.15) is 12.1 Å². The van der Waals surface area contributed by atoms with E-state index in [1.165, 1.54) is 0 Å². The molecular formula is C26H38F4N4O6. The number of hydrogen-bond acceptors (Lipinski definition) is 6. The van der Waals surface area contributed by atoms with Crippen molar-refractivity contribution >= 4 is 29.6 Å². The number of halogens is 4. The molecular weight excluding hydrogens is 540 g/mol. The fourth-order valence-electron chi connectivity index (χ4n) is 5.33. The minimum atomic E-state index is -3.31. The molecule has 0 radical (unpaired) electrons. The van der Waals surface area contributed by atoms with Crippen molar-refractivity contribution in [1.29, 1.82) is 0 Å². The maximum Gasteiger partial charge on any atom is 0.407 e. The summed E-state index contributed by atoms with van der Waals surface area (Å²) in [4.78, 5) is 65.6. The maximum atomic E-state index is 15.2. The number of rotatable bonds is 10. The molecule has 40 heavy (non-hydrogen) atoms. The number of piperidine rings is 1. The van der Waals surface area contributed by atoms with Crippen LogP contribution in [0.3, 0.4) is 0 Å². The normalized spacial score (nSPS) is 25.4. The van der Waals surface area contributed by atoms with Gasteiger partial charge in [-0.2, -0.15) is 0 Å². The van der Waals surface area contributed by atoms with Crippen molar-refractivity contribution in [2.45, 2.75) is 102 Å². The summed E-state index contributed by atoms with van der Waals surface area (Å²) < 4.78 is 62.4. The second-order valence-electron chi connectivity index (χ2n) is 12.2. The molecule has 0 spiro atoms. The van der Waals surface area contributed by atoms with Crippen molar-refractivity contribution in [2.75, 3.05) is 13.7 Å². The number of alkyl carbamates (subject to hydrolysis) is 1. The fourth-order valence-corrected chi connectivity index (χ4v) is 5.33. The van der Waals surface area contributed by atoms with E-state index in [1.54, 1.807) is 20.8 Å². The summed E-state index contributed by atoms with van der Waals surface area (Å²) in [6, 6.07) is -4.97. The van der Waals surface area contributed by atoms with Crippen LogP contribution in [0.4, 0.5) is 22.4 Å². The Bertz CT molecular complexity index is 1020. The van der Waals surface area contributed by atoms with Crippen molar-refractivity contribution in [1.82, 2.24) is 20.9 Å². The highest BCUT2D eigenvalue weighted by Gasteiger charge is 2.63. The number of likely N-dealkylation sites (tertiary alicyclic amines) is 1. The molecule has 4 amide bonds. The predicted molar refractivity (Wildman–Crippen MR) is 133 cm³/mol. The minimum absolute atomic E-state index is 0.0318. The van der Waals surface area contributed by atoms with Crippen LogP contribution in [0.15, 0.2) is 0 Å². The van der Waals surface area contributed by atoms with Gasteiger partial charge in [0.2, 0.25) is 23.5 Å². The van der Waals surface area contributed by atoms with E-state index in [2.05, 4.69) is 20.7 Å². The number of fused-ring (bicyclic) bond motifs is 2. The van der Waals surface area contributed by atoms with Crippen LogP contribution >= 0.6 is 0 Å². The van der Waals surface area contributed by atoms with Crippen LogP contribution < -0.4 is 16.0 Å². The van der Waals surface area contributed by atoms with Crippen molar-refractivity contribution < 1.29 is 46.3 Å². The highest BCUT2D eigenvalue weighted by atomic mass is 19.3. The summed E-state index contributed by atoms with van der Waals surface area (Å²) in [7, 11) is 1.09. The van der Waals surface area contributed by atoms with E-state index < -0.39 is 96.2 Å². The van der Waals surface area contributed by atoms with Crippen LogP contribution in [-0.4, -0.2) is 84.2 Å². The van der Waals surface area contributed by atoms with Crippen molar-refractivity contribution in [3.05, 3.63) is 0 Å². The number of carbonyl (C=O) groups is 5. The molecule has 2 saturated carbocycles. The van der Waals surface area contributed by atoms with Crippen LogP contribution in [0, 0.1) is 17.3 Å². The Morgan fingerprint density at radius 1 is 1.00 bits per heavy atom. The number of hydrogen-bond donors (Lipinski definition) is 3. The molecule has 1 aliphatic heterocycles. The Morgan fingerprint density at radius 3 is 2.15 bits per heavy atom. The van der Waals surface area contributed by atoms with Gasteiger partial charge in [-0.05, 0) is 44.4 Å². The largest absolute Gasteiger partial charge is 0.453 e. The number of nitrogens with one attached hydrogen (secondary N) is 3. The molecule has 2 aliphatic carbocycles. The minimum Gasteiger partial charge on any atom is -0.453 e. The Labute approximate surface area is 230 Å². The van der Waals surface area contributed by atoms with Crippen LogP contribution in [0.25, 0.3) is 0 Å². The zero-order chi connectivity index (χ0) is 30.2. The van der Waals surface area contributed by atoms with Gasteiger partial charge in [-0.15, -0.1) is 0 Å². The van der Waals surface area contributed by atoms with Crippen LogP contribution in [0.2, 0.25) is 0 Å². The van der Waals surface area contributed by atoms with Gasteiger partial charge in [-0.25, -0.2) is 22.4 Å². The van der Waals surface area contributed by atoms with Gasteiger partial charge in [0.15, 0.2) is 0 Å². The lowest BCUT2D eigenvalue weighted by atomic mass is 9.82. The Kier molecular flexibility index (Phi) is 9.10. The van der Waals surface area contributed by atoms with Gasteiger partial charge in [0.25, 0.3) is 11.8 Å². The molecule has 1 saturated heterocycles. The summed E-state index contributed by atoms with van der Waals surface area (Å²) in [5, 5.41) is 7.10. The number of alkyl halides is 4. The topological polar surface area (TPSA) is 134 Å². The molecule has 14 heteroatoms. The summed E-state index contributed by atoms with van der Waals surface area (Å²) in [6.45, 7) is 5.01. The fraction of sp³-hybridized carbons (Fsp3) is 0.808. The van der Waals surface area contributed by atoms with E-state index in [4.69, 9.17) is 0 Å². The van der Waals surface area contributed by atoms with Gasteiger partial charge >= 0.3 is 6.09 Å². The highest BCUT2D eigenvalue weighted by Crippen LogP contribution is 2.52. The predicted octanol–water partition coefficient (Wildman–Crippen LogP) is 2.40. The Balaban J connectivity index is 1.92. The number of methoxy groups -OCH3 is 1. The van der Waals surface area contributed by atoms with Crippen molar-refractivity contribution in [3.63, 3.8) is 0 Å². The third-order valence-corrected chi connectivity index (χ3v) is 7.75. The molecule has 2 bridgehead atoms. The average Bonchev–Trinajstić information content (AvgIpc) is 3.63. The molecule has 0 aromatic carbocycles. The van der Waals surface area contributed by atoms with E-state index in [9.17, 15) is 32.8 Å². The summed E-state index contributed by atoms with van der Waals surface area (Å²) in [5.41, 5.74) is -0.919. The van der Waals surface area contributed by atoms with Crippen LogP contribution in [0.1, 0.15) is 66.2 Å². The molecule has 226 valence electrons. The highest BCUT2D eigenvalue weighted by molar-refractivity contribution is 6.38. The molecule has 3 unspecified atom stereocenters. The monoisotopic (exact) mass is 578 g/mol. The third kappa shape index (κ3) is 7.22. The van der Waals surface area contributed by atoms with E-state index >= 15 is 8.78 Å². The van der Waals surface area contributed by atoms with E-state index in [1.807, 2.05) is 0 Å². The van der Waals surface area contributed by atoms with Crippen LogP contribution in [-0.2, 0) is 23.9 Å². The molecule has 3 fully saturated rings. The lowest BCUT2D eigenvalue weighted by molar-refractivity contribution is -0.172. The number of ether oxygens (including phenoxy) is 1. The molecule has 0 aromatic heterocycles. The van der Waals surface area contributed by atoms with Gasteiger partial charge in [-0.3, -0.25) is 19.2 Å². The molecule has 3 rings (SSSR count). The summed E-state index contributed by atoms with van der Waals surface area (Å²) in [5.74, 6) is -13.6. The molecule has 5 atom stereocenters. The van der Waals surface area contributed by atoms with Gasteiger partial charge in [0, 0.05) is 24.9 Å². The molecule has 0 aromatic rings. The summed E-state index contributed by atoms with van der Waals surface area (Å²) in [6.07, 6.45) is -1.19. The van der Waals surface area contributed by atoms with Crippen LogP contribution in [0.5, 0.6) is 0 Å². The van der Waals surface area contributed by atoms with E-state index in [0.29, 0.717) is 19.8 Å². The third-order valence-electron chi connectivity index (χ3n) is 7.75. The quantitative estimate of drug-likeness (QED) is 0.269. The lowest BCUT2D eigenvalue weighted by Crippen LogP contribution is -2.67. The van der Waals surface area contributed by atoms with Gasteiger partial charge in [0.05, 0.1) is 19.1 Å². The zero-order valence-corrected chi connectivity index (χ0v) is 23.3. The second kappa shape index (κ2) is 11.5. The number of ketones is 1. The smallest absolute Gasteiger partial charge is 0.407 e. The Morgan fingerprint density at radius 2 is 1.62 bits per heavy atom. The first-order chi connectivity index (χ1) is 18.4. The number of carbonyl (C=O) groups excluding carboxylic acids is 5. The van der Waals surface area contributed by atoms with Crippen molar-refractivity contribution in [2.24, 2.45) is 17.3 Å². The molecule has 3 N–H and O–H groups in total. The zero-order valence-electron chi connectivity index (χ0n) is 23.3. The van der Waals surface area contributed by atoms with E-state index in [0.717, 1.165) is 12.0 Å². The molecule has 1 heterocycles. The first-order valence-corrected chi connectivity index (χ1v) is 13.4. The SMILES string of the molecule is COC(=O)N[C@H](C(=O)N1CC2CCC(C1C(=O)N[C@@H](CCC(C)(F)F)C(=O)C(=O)NC1CC1)C2(F)F)C(C)(C)C. The summed E-state index contributed by atoms with van der Waals surface area (Å²) >= 11 is 0. The standard InChI is InChI=1S/C26H38F4N4O6/c1-24(2,3)19(33-23(39)40-5)22(38)34-12-13-6-9-15(26(13,29)30)17(34)20(36)32-16(10-11-25(4,27)28)18(35)21(37)31-14-7-8-14/h13-17,19H,6-12H2,1-5H3,(H,31,37)(H,32,36)(H,33,39)/t13?,15?,16-,17?,19+/m0/s1. The Hall–Kier alpha value is -2.93. The first kappa shape index (κ1) is 31.6. The van der Waals surface area contributed by atoms with Crippen molar-refractivity contribution in [3.8, 4) is 0 Å². The lowest BCUT2D eigenvalue weighted by Gasteiger charge is -2.46. The maximum absolute atomic E-state index is 15.2. The first-order valence-electron chi connectivity index (χ1n) is 13.4.